The fourth-order valence-electron chi connectivity index (χ4n) is 1.07. The lowest BCUT2D eigenvalue weighted by atomic mass is 10.2. The Morgan fingerprint density at radius 3 is 2.62 bits per heavy atom. The first-order chi connectivity index (χ1) is 7.72. The van der Waals surface area contributed by atoms with Crippen LogP contribution in [0.3, 0.4) is 0 Å². The van der Waals surface area contributed by atoms with Gasteiger partial charge in [0.05, 0.1) is 6.61 Å². The fourth-order valence-corrected chi connectivity index (χ4v) is 1.19. The SMILES string of the molecule is CCOC(=O)/C=C/C=C/c1ccc(Cl)cc1. The quantitative estimate of drug-likeness (QED) is 0.455. The van der Waals surface area contributed by atoms with E-state index in [2.05, 4.69) is 0 Å². The summed E-state index contributed by atoms with van der Waals surface area (Å²) < 4.78 is 4.73. The van der Waals surface area contributed by atoms with Gasteiger partial charge in [-0.2, -0.15) is 0 Å². The van der Waals surface area contributed by atoms with Crippen molar-refractivity contribution in [3.63, 3.8) is 0 Å². The Morgan fingerprint density at radius 1 is 1.31 bits per heavy atom. The van der Waals surface area contributed by atoms with Gasteiger partial charge in [0.25, 0.3) is 0 Å². The molecule has 0 radical (unpaired) electrons. The van der Waals surface area contributed by atoms with Crippen LogP contribution in [0.25, 0.3) is 6.08 Å². The normalized spacial score (nSPS) is 11.1. The largest absolute Gasteiger partial charge is 0.463 e. The molecule has 0 heterocycles. The zero-order chi connectivity index (χ0) is 11.8. The zero-order valence-corrected chi connectivity index (χ0v) is 9.78. The number of halogens is 1. The van der Waals surface area contributed by atoms with Gasteiger partial charge in [0.2, 0.25) is 0 Å². The van der Waals surface area contributed by atoms with Crippen LogP contribution in [0.5, 0.6) is 0 Å². The molecule has 3 heteroatoms. The van der Waals surface area contributed by atoms with Crippen molar-refractivity contribution in [1.82, 2.24) is 0 Å². The Labute approximate surface area is 100 Å². The average molecular weight is 237 g/mol. The van der Waals surface area contributed by atoms with Crippen LogP contribution in [0.2, 0.25) is 5.02 Å². The number of hydrogen-bond donors (Lipinski definition) is 0. The predicted molar refractivity (Wildman–Crippen MR) is 66.3 cm³/mol. The highest BCUT2D eigenvalue weighted by Gasteiger charge is 1.90. The lowest BCUT2D eigenvalue weighted by Crippen LogP contribution is -1.98. The van der Waals surface area contributed by atoms with E-state index in [0.29, 0.717) is 11.6 Å². The molecule has 0 aliphatic heterocycles. The Kier molecular flexibility index (Phi) is 5.37. The van der Waals surface area contributed by atoms with E-state index in [1.165, 1.54) is 6.08 Å². The van der Waals surface area contributed by atoms with E-state index < -0.39 is 0 Å². The molecule has 0 fully saturated rings. The molecule has 0 unspecified atom stereocenters. The second-order valence-corrected chi connectivity index (χ2v) is 3.46. The van der Waals surface area contributed by atoms with Crippen molar-refractivity contribution < 1.29 is 9.53 Å². The molecule has 0 saturated carbocycles. The van der Waals surface area contributed by atoms with Gasteiger partial charge in [-0.25, -0.2) is 4.79 Å². The van der Waals surface area contributed by atoms with E-state index in [-0.39, 0.29) is 5.97 Å². The third-order valence-corrected chi connectivity index (χ3v) is 2.04. The Morgan fingerprint density at radius 2 is 2.00 bits per heavy atom. The molecule has 0 spiro atoms. The minimum atomic E-state index is -0.330. The summed E-state index contributed by atoms with van der Waals surface area (Å²) in [5.41, 5.74) is 1.03. The maximum Gasteiger partial charge on any atom is 0.330 e. The minimum absolute atomic E-state index is 0.330. The third kappa shape index (κ3) is 4.80. The molecule has 0 bridgehead atoms. The monoisotopic (exact) mass is 236 g/mol. The molecule has 84 valence electrons. The fraction of sp³-hybridized carbons (Fsp3) is 0.154. The van der Waals surface area contributed by atoms with Gasteiger partial charge in [0.15, 0.2) is 0 Å². The summed E-state index contributed by atoms with van der Waals surface area (Å²) in [5.74, 6) is -0.330. The summed E-state index contributed by atoms with van der Waals surface area (Å²) in [6.45, 7) is 2.17. The molecule has 0 atom stereocenters. The summed E-state index contributed by atoms with van der Waals surface area (Å²) in [5, 5.41) is 0.708. The van der Waals surface area contributed by atoms with Gasteiger partial charge in [-0.05, 0) is 24.6 Å². The number of rotatable bonds is 4. The summed E-state index contributed by atoms with van der Waals surface area (Å²) >= 11 is 5.75. The van der Waals surface area contributed by atoms with Gasteiger partial charge in [-0.15, -0.1) is 0 Å². The van der Waals surface area contributed by atoms with Crippen molar-refractivity contribution in [2.45, 2.75) is 6.92 Å². The summed E-state index contributed by atoms with van der Waals surface area (Å²) in [6.07, 6.45) is 6.69. The summed E-state index contributed by atoms with van der Waals surface area (Å²) in [7, 11) is 0. The molecule has 1 aromatic carbocycles. The van der Waals surface area contributed by atoms with Gasteiger partial charge in [-0.1, -0.05) is 42.0 Å². The van der Waals surface area contributed by atoms with Crippen molar-refractivity contribution >= 4 is 23.6 Å². The maximum atomic E-state index is 10.9. The lowest BCUT2D eigenvalue weighted by molar-refractivity contribution is -0.137. The number of esters is 1. The molecule has 0 amide bonds. The molecule has 1 aromatic rings. The van der Waals surface area contributed by atoms with E-state index in [1.807, 2.05) is 30.3 Å². The predicted octanol–water partition coefficient (Wildman–Crippen LogP) is 3.47. The molecule has 1 rings (SSSR count). The molecule has 0 N–H and O–H groups in total. The number of ether oxygens (including phenoxy) is 1. The van der Waals surface area contributed by atoms with Gasteiger partial charge in [-0.3, -0.25) is 0 Å². The average Bonchev–Trinajstić information content (AvgIpc) is 2.27. The molecule has 0 aromatic heterocycles. The standard InChI is InChI=1S/C13H13ClO2/c1-2-16-13(15)6-4-3-5-11-7-9-12(14)10-8-11/h3-10H,2H2,1H3/b5-3+,6-4+. The van der Waals surface area contributed by atoms with Crippen LogP contribution >= 0.6 is 11.6 Å². The van der Waals surface area contributed by atoms with Crippen molar-refractivity contribution in [2.24, 2.45) is 0 Å². The summed E-state index contributed by atoms with van der Waals surface area (Å²) in [6, 6.07) is 7.43. The van der Waals surface area contributed by atoms with Crippen molar-refractivity contribution in [1.29, 1.82) is 0 Å². The highest BCUT2D eigenvalue weighted by Crippen LogP contribution is 2.10. The topological polar surface area (TPSA) is 26.3 Å². The molecule has 0 aliphatic rings. The molecular formula is C13H13ClO2. The van der Waals surface area contributed by atoms with Crippen molar-refractivity contribution in [3.8, 4) is 0 Å². The maximum absolute atomic E-state index is 10.9. The Bertz CT molecular complexity index is 391. The first kappa shape index (κ1) is 12.5. The Hall–Kier alpha value is -1.54. The molecule has 0 aliphatic carbocycles. The van der Waals surface area contributed by atoms with Crippen LogP contribution in [-0.2, 0) is 9.53 Å². The lowest BCUT2D eigenvalue weighted by Gasteiger charge is -1.93. The number of allylic oxidation sites excluding steroid dienone is 2. The van der Waals surface area contributed by atoms with Crippen LogP contribution < -0.4 is 0 Å². The van der Waals surface area contributed by atoms with Crippen molar-refractivity contribution in [3.05, 3.63) is 53.1 Å². The van der Waals surface area contributed by atoms with E-state index in [9.17, 15) is 4.79 Å². The van der Waals surface area contributed by atoms with Gasteiger partial charge < -0.3 is 4.74 Å². The van der Waals surface area contributed by atoms with Crippen LogP contribution in [0.4, 0.5) is 0 Å². The first-order valence-electron chi connectivity index (χ1n) is 4.99. The van der Waals surface area contributed by atoms with Gasteiger partial charge in [0.1, 0.15) is 0 Å². The highest BCUT2D eigenvalue weighted by atomic mass is 35.5. The second-order valence-electron chi connectivity index (χ2n) is 3.02. The van der Waals surface area contributed by atoms with E-state index in [0.717, 1.165) is 5.56 Å². The molecule has 2 nitrogen and oxygen atoms in total. The number of benzene rings is 1. The zero-order valence-electron chi connectivity index (χ0n) is 9.02. The van der Waals surface area contributed by atoms with Crippen LogP contribution in [0.15, 0.2) is 42.5 Å². The van der Waals surface area contributed by atoms with Crippen molar-refractivity contribution in [2.75, 3.05) is 6.61 Å². The third-order valence-electron chi connectivity index (χ3n) is 1.79. The number of hydrogen-bond acceptors (Lipinski definition) is 2. The van der Waals surface area contributed by atoms with Crippen LogP contribution in [-0.4, -0.2) is 12.6 Å². The van der Waals surface area contributed by atoms with Crippen LogP contribution in [0.1, 0.15) is 12.5 Å². The molecular weight excluding hydrogens is 224 g/mol. The minimum Gasteiger partial charge on any atom is -0.463 e. The first-order valence-corrected chi connectivity index (χ1v) is 5.37. The van der Waals surface area contributed by atoms with Crippen LogP contribution in [0, 0.1) is 0 Å². The highest BCUT2D eigenvalue weighted by molar-refractivity contribution is 6.30. The van der Waals surface area contributed by atoms with Gasteiger partial charge in [0, 0.05) is 11.1 Å². The Balaban J connectivity index is 2.48. The van der Waals surface area contributed by atoms with E-state index in [1.54, 1.807) is 19.1 Å². The summed E-state index contributed by atoms with van der Waals surface area (Å²) in [4.78, 5) is 10.9. The second kappa shape index (κ2) is 6.85. The van der Waals surface area contributed by atoms with E-state index in [4.69, 9.17) is 16.3 Å². The number of carbonyl (C=O) groups is 1. The molecule has 0 saturated heterocycles. The smallest absolute Gasteiger partial charge is 0.330 e. The van der Waals surface area contributed by atoms with Gasteiger partial charge >= 0.3 is 5.97 Å². The molecule has 16 heavy (non-hydrogen) atoms. The van der Waals surface area contributed by atoms with E-state index >= 15 is 0 Å². The number of carbonyl (C=O) groups excluding carboxylic acids is 1.